The van der Waals surface area contributed by atoms with Gasteiger partial charge in [-0.15, -0.1) is 0 Å². The van der Waals surface area contributed by atoms with Crippen LogP contribution in [0.1, 0.15) is 19.8 Å². The number of amides is 1. The second kappa shape index (κ2) is 10.2. The van der Waals surface area contributed by atoms with Crippen molar-refractivity contribution in [1.29, 1.82) is 0 Å². The van der Waals surface area contributed by atoms with Crippen LogP contribution < -0.4 is 14.8 Å². The van der Waals surface area contributed by atoms with Gasteiger partial charge in [-0.2, -0.15) is 4.31 Å². The molecule has 1 atom stereocenters. The third-order valence-electron chi connectivity index (χ3n) is 5.60. The van der Waals surface area contributed by atoms with E-state index >= 15 is 0 Å². The largest absolute Gasteiger partial charge is 0.492 e. The lowest BCUT2D eigenvalue weighted by Crippen LogP contribution is -2.38. The summed E-state index contributed by atoms with van der Waals surface area (Å²) in [6, 6.07) is 20.1. The van der Waals surface area contributed by atoms with E-state index in [1.807, 2.05) is 42.5 Å². The molecule has 0 aliphatic carbocycles. The quantitative estimate of drug-likeness (QED) is 0.485. The average Bonchev–Trinajstić information content (AvgIpc) is 3.38. The van der Waals surface area contributed by atoms with E-state index < -0.39 is 16.1 Å². The predicted molar refractivity (Wildman–Crippen MR) is 127 cm³/mol. The molecule has 3 aromatic rings. The van der Waals surface area contributed by atoms with Crippen molar-refractivity contribution in [1.82, 2.24) is 9.62 Å². The molecule has 0 radical (unpaired) electrons. The molecule has 0 spiro atoms. The van der Waals surface area contributed by atoms with E-state index in [1.165, 1.54) is 4.31 Å². The van der Waals surface area contributed by atoms with Gasteiger partial charge in [0.05, 0.1) is 11.4 Å². The van der Waals surface area contributed by atoms with Crippen molar-refractivity contribution < 1.29 is 22.7 Å². The van der Waals surface area contributed by atoms with Crippen molar-refractivity contribution in [3.8, 4) is 11.5 Å². The number of hydrogen-bond acceptors (Lipinski definition) is 5. The van der Waals surface area contributed by atoms with Crippen LogP contribution >= 0.6 is 0 Å². The Morgan fingerprint density at radius 3 is 2.36 bits per heavy atom. The number of hydrogen-bond donors (Lipinski definition) is 1. The molecule has 7 nitrogen and oxygen atoms in total. The van der Waals surface area contributed by atoms with Gasteiger partial charge in [-0.25, -0.2) is 8.42 Å². The maximum Gasteiger partial charge on any atom is 0.260 e. The summed E-state index contributed by atoms with van der Waals surface area (Å²) in [5, 5.41) is 4.95. The molecule has 1 saturated heterocycles. The monoisotopic (exact) mass is 468 g/mol. The molecule has 0 aromatic heterocycles. The lowest BCUT2D eigenvalue weighted by molar-refractivity contribution is -0.127. The number of sulfonamides is 1. The summed E-state index contributed by atoms with van der Waals surface area (Å²) in [5.41, 5.74) is 0. The lowest BCUT2D eigenvalue weighted by Gasteiger charge is -2.16. The van der Waals surface area contributed by atoms with Crippen LogP contribution in [0, 0.1) is 0 Å². The second-order valence-electron chi connectivity index (χ2n) is 7.99. The molecule has 33 heavy (non-hydrogen) atoms. The van der Waals surface area contributed by atoms with Crippen molar-refractivity contribution in [2.24, 2.45) is 0 Å². The number of benzene rings is 3. The van der Waals surface area contributed by atoms with E-state index in [0.29, 0.717) is 31.1 Å². The van der Waals surface area contributed by atoms with Crippen molar-refractivity contribution in [3.63, 3.8) is 0 Å². The molecule has 1 heterocycles. The summed E-state index contributed by atoms with van der Waals surface area (Å²) in [7, 11) is -3.43. The van der Waals surface area contributed by atoms with E-state index in [9.17, 15) is 13.2 Å². The zero-order chi connectivity index (χ0) is 23.3. The summed E-state index contributed by atoms with van der Waals surface area (Å²) in [6.07, 6.45) is 1.15. The Morgan fingerprint density at radius 2 is 1.64 bits per heavy atom. The molecule has 174 valence electrons. The summed E-state index contributed by atoms with van der Waals surface area (Å²) < 4.78 is 38.1. The number of carbonyl (C=O) groups is 1. The van der Waals surface area contributed by atoms with Gasteiger partial charge in [-0.1, -0.05) is 30.3 Å². The fourth-order valence-electron chi connectivity index (χ4n) is 3.77. The van der Waals surface area contributed by atoms with Crippen LogP contribution in [0.25, 0.3) is 10.8 Å². The molecule has 8 heteroatoms. The third kappa shape index (κ3) is 5.64. The Morgan fingerprint density at radius 1 is 0.970 bits per heavy atom. The molecule has 0 saturated carbocycles. The molecular formula is C25H28N2O5S. The van der Waals surface area contributed by atoms with E-state index in [2.05, 4.69) is 5.32 Å². The summed E-state index contributed by atoms with van der Waals surface area (Å²) >= 11 is 0. The first-order valence-electron chi connectivity index (χ1n) is 11.1. The smallest absolute Gasteiger partial charge is 0.260 e. The first-order valence-corrected chi connectivity index (χ1v) is 12.5. The summed E-state index contributed by atoms with van der Waals surface area (Å²) in [4.78, 5) is 12.6. The zero-order valence-electron chi connectivity index (χ0n) is 18.6. The topological polar surface area (TPSA) is 84.9 Å². The molecule has 1 fully saturated rings. The van der Waals surface area contributed by atoms with E-state index in [4.69, 9.17) is 9.47 Å². The second-order valence-corrected chi connectivity index (χ2v) is 9.93. The van der Waals surface area contributed by atoms with Gasteiger partial charge in [0, 0.05) is 13.1 Å². The van der Waals surface area contributed by atoms with Gasteiger partial charge < -0.3 is 14.8 Å². The average molecular weight is 469 g/mol. The Hall–Kier alpha value is -3.10. The number of rotatable bonds is 9. The zero-order valence-corrected chi connectivity index (χ0v) is 19.4. The Kier molecular flexibility index (Phi) is 7.15. The van der Waals surface area contributed by atoms with Gasteiger partial charge in [-0.05, 0) is 66.9 Å². The highest BCUT2D eigenvalue weighted by molar-refractivity contribution is 7.89. The molecule has 1 unspecified atom stereocenters. The molecule has 1 N–H and O–H groups in total. The minimum absolute atomic E-state index is 0.237. The fraction of sp³-hybridized carbons (Fsp3) is 0.320. The van der Waals surface area contributed by atoms with Crippen LogP contribution in [0.15, 0.2) is 71.6 Å². The SMILES string of the molecule is CC(Oc1ccc2ccccc2c1)C(=O)NCCOc1ccc(S(=O)(=O)N2CCCC2)cc1. The molecule has 1 aliphatic rings. The minimum atomic E-state index is -3.43. The van der Waals surface area contributed by atoms with Gasteiger partial charge in [0.25, 0.3) is 5.91 Å². The van der Waals surface area contributed by atoms with Gasteiger partial charge in [0.15, 0.2) is 6.10 Å². The minimum Gasteiger partial charge on any atom is -0.492 e. The Labute approximate surface area is 194 Å². The van der Waals surface area contributed by atoms with Crippen LogP contribution in [-0.2, 0) is 14.8 Å². The molecule has 1 aliphatic heterocycles. The van der Waals surface area contributed by atoms with E-state index in [-0.39, 0.29) is 17.4 Å². The van der Waals surface area contributed by atoms with Crippen LogP contribution in [0.2, 0.25) is 0 Å². The number of ether oxygens (including phenoxy) is 2. The van der Waals surface area contributed by atoms with Crippen LogP contribution in [0.3, 0.4) is 0 Å². The normalized spacial score (nSPS) is 15.3. The molecule has 1 amide bonds. The number of fused-ring (bicyclic) bond motifs is 1. The highest BCUT2D eigenvalue weighted by Gasteiger charge is 2.26. The van der Waals surface area contributed by atoms with E-state index in [0.717, 1.165) is 23.6 Å². The van der Waals surface area contributed by atoms with Crippen LogP contribution in [0.5, 0.6) is 11.5 Å². The predicted octanol–water partition coefficient (Wildman–Crippen LogP) is 3.59. The number of carbonyl (C=O) groups excluding carboxylic acids is 1. The summed E-state index contributed by atoms with van der Waals surface area (Å²) in [5.74, 6) is 0.945. The molecule has 4 rings (SSSR count). The van der Waals surface area contributed by atoms with Crippen molar-refractivity contribution >= 4 is 26.7 Å². The van der Waals surface area contributed by atoms with Crippen LogP contribution in [-0.4, -0.2) is 51.0 Å². The fourth-order valence-corrected chi connectivity index (χ4v) is 5.29. The standard InChI is InChI=1S/C25H28N2O5S/c1-19(32-23-9-8-20-6-2-3-7-21(20)18-23)25(28)26-14-17-31-22-10-12-24(13-11-22)33(29,30)27-15-4-5-16-27/h2-3,6-13,18-19H,4-5,14-17H2,1H3,(H,26,28). The molecule has 3 aromatic carbocycles. The van der Waals surface area contributed by atoms with Gasteiger partial charge >= 0.3 is 0 Å². The summed E-state index contributed by atoms with van der Waals surface area (Å²) in [6.45, 7) is 3.40. The van der Waals surface area contributed by atoms with Gasteiger partial charge in [-0.3, -0.25) is 4.79 Å². The van der Waals surface area contributed by atoms with Crippen molar-refractivity contribution in [2.45, 2.75) is 30.8 Å². The van der Waals surface area contributed by atoms with Crippen molar-refractivity contribution in [2.75, 3.05) is 26.2 Å². The lowest BCUT2D eigenvalue weighted by atomic mass is 10.1. The van der Waals surface area contributed by atoms with Gasteiger partial charge in [0.1, 0.15) is 18.1 Å². The molecule has 0 bridgehead atoms. The highest BCUT2D eigenvalue weighted by Crippen LogP contribution is 2.23. The first kappa shape index (κ1) is 23.1. The third-order valence-corrected chi connectivity index (χ3v) is 7.51. The molecular weight excluding hydrogens is 440 g/mol. The highest BCUT2D eigenvalue weighted by atomic mass is 32.2. The van der Waals surface area contributed by atoms with E-state index in [1.54, 1.807) is 31.2 Å². The Bertz CT molecular complexity index is 1200. The Balaban J connectivity index is 1.22. The van der Waals surface area contributed by atoms with Crippen LogP contribution in [0.4, 0.5) is 0 Å². The number of nitrogens with one attached hydrogen (secondary N) is 1. The van der Waals surface area contributed by atoms with Crippen molar-refractivity contribution in [3.05, 3.63) is 66.7 Å². The first-order chi connectivity index (χ1) is 15.9. The maximum absolute atomic E-state index is 12.6. The number of nitrogens with zero attached hydrogens (tertiary/aromatic N) is 1. The maximum atomic E-state index is 12.6. The van der Waals surface area contributed by atoms with Gasteiger partial charge in [0.2, 0.25) is 10.0 Å².